The Morgan fingerprint density at radius 3 is 3.00 bits per heavy atom. The van der Waals surface area contributed by atoms with Crippen molar-refractivity contribution in [1.82, 2.24) is 0 Å². The highest BCUT2D eigenvalue weighted by atomic mass is 79.9. The fraction of sp³-hybridized carbons (Fsp3) is 0.375. The maximum absolute atomic E-state index is 11.3. The summed E-state index contributed by atoms with van der Waals surface area (Å²) >= 11 is 4.83. The van der Waals surface area contributed by atoms with Crippen LogP contribution in [0.3, 0.4) is 0 Å². The lowest BCUT2D eigenvalue weighted by Gasteiger charge is -1.95. The van der Waals surface area contributed by atoms with Crippen LogP contribution in [0.15, 0.2) is 21.2 Å². The Kier molecular flexibility index (Phi) is 3.88. The van der Waals surface area contributed by atoms with Crippen molar-refractivity contribution in [2.75, 3.05) is 11.5 Å². The molecule has 0 spiro atoms. The molecule has 0 amide bonds. The molecule has 0 saturated heterocycles. The minimum atomic E-state index is 0.0405. The number of hydrogen-bond donors (Lipinski definition) is 0. The van der Waals surface area contributed by atoms with E-state index in [4.69, 9.17) is 4.42 Å². The SMILES string of the molecule is CCSCC(=O)c1occc1Br. The van der Waals surface area contributed by atoms with Gasteiger partial charge in [0.1, 0.15) is 0 Å². The van der Waals surface area contributed by atoms with Crippen molar-refractivity contribution in [2.24, 2.45) is 0 Å². The van der Waals surface area contributed by atoms with E-state index in [9.17, 15) is 4.79 Å². The lowest BCUT2D eigenvalue weighted by molar-refractivity contribution is 0.0991. The van der Waals surface area contributed by atoms with Crippen LogP contribution >= 0.6 is 27.7 Å². The largest absolute Gasteiger partial charge is 0.460 e. The van der Waals surface area contributed by atoms with Gasteiger partial charge in [-0.15, -0.1) is 0 Å². The first-order valence-corrected chi connectivity index (χ1v) is 5.54. The molecule has 0 atom stereocenters. The van der Waals surface area contributed by atoms with E-state index in [2.05, 4.69) is 15.9 Å². The molecule has 2 nitrogen and oxygen atoms in total. The van der Waals surface area contributed by atoms with Crippen LogP contribution in [0.25, 0.3) is 0 Å². The minimum absolute atomic E-state index is 0.0405. The molecule has 0 N–H and O–H groups in total. The van der Waals surface area contributed by atoms with E-state index < -0.39 is 0 Å². The van der Waals surface area contributed by atoms with Gasteiger partial charge in [0.2, 0.25) is 5.78 Å². The molecule has 0 radical (unpaired) electrons. The smallest absolute Gasteiger partial charge is 0.208 e. The highest BCUT2D eigenvalue weighted by molar-refractivity contribution is 9.10. The number of Topliss-reactive ketones (excluding diaryl/α,β-unsaturated/α-hetero) is 1. The Labute approximate surface area is 83.8 Å². The number of carbonyl (C=O) groups is 1. The lowest BCUT2D eigenvalue weighted by Crippen LogP contribution is -2.01. The number of ketones is 1. The van der Waals surface area contributed by atoms with Crippen molar-refractivity contribution in [1.29, 1.82) is 0 Å². The van der Waals surface area contributed by atoms with Gasteiger partial charge in [-0.25, -0.2) is 0 Å². The lowest BCUT2D eigenvalue weighted by atomic mass is 10.3. The van der Waals surface area contributed by atoms with Crippen LogP contribution in [0.2, 0.25) is 0 Å². The van der Waals surface area contributed by atoms with E-state index in [-0.39, 0.29) is 5.78 Å². The third-order valence-electron chi connectivity index (χ3n) is 1.31. The monoisotopic (exact) mass is 248 g/mol. The molecule has 0 bridgehead atoms. The first kappa shape index (κ1) is 9.86. The van der Waals surface area contributed by atoms with Crippen LogP contribution < -0.4 is 0 Å². The number of furan rings is 1. The Balaban J connectivity index is 2.59. The van der Waals surface area contributed by atoms with Crippen LogP contribution in [-0.2, 0) is 0 Å². The number of hydrogen-bond acceptors (Lipinski definition) is 3. The molecule has 0 aliphatic rings. The minimum Gasteiger partial charge on any atom is -0.460 e. The van der Waals surface area contributed by atoms with Crippen molar-refractivity contribution in [3.63, 3.8) is 0 Å². The summed E-state index contributed by atoms with van der Waals surface area (Å²) in [5, 5.41) is 0. The van der Waals surface area contributed by atoms with E-state index in [1.165, 1.54) is 6.26 Å². The second-order valence-electron chi connectivity index (χ2n) is 2.16. The van der Waals surface area contributed by atoms with E-state index in [1.807, 2.05) is 6.92 Å². The van der Waals surface area contributed by atoms with Crippen molar-refractivity contribution in [3.05, 3.63) is 22.6 Å². The average Bonchev–Trinajstić information content (AvgIpc) is 2.47. The van der Waals surface area contributed by atoms with Gasteiger partial charge in [-0.2, -0.15) is 11.8 Å². The first-order chi connectivity index (χ1) is 5.75. The third-order valence-corrected chi connectivity index (χ3v) is 2.81. The molecule has 1 rings (SSSR count). The number of rotatable bonds is 4. The molecule has 0 aliphatic carbocycles. The molecule has 66 valence electrons. The zero-order valence-corrected chi connectivity index (χ0v) is 9.07. The molecule has 0 fully saturated rings. The fourth-order valence-corrected chi connectivity index (χ4v) is 1.70. The summed E-state index contributed by atoms with van der Waals surface area (Å²) in [4.78, 5) is 11.3. The van der Waals surface area contributed by atoms with Crippen LogP contribution in [0.5, 0.6) is 0 Å². The van der Waals surface area contributed by atoms with Gasteiger partial charge in [-0.3, -0.25) is 4.79 Å². The molecular weight excluding hydrogens is 240 g/mol. The Hall–Kier alpha value is -0.220. The Morgan fingerprint density at radius 2 is 2.50 bits per heavy atom. The van der Waals surface area contributed by atoms with Crippen LogP contribution in [-0.4, -0.2) is 17.3 Å². The standard InChI is InChI=1S/C8H9BrO2S/c1-2-12-5-7(10)8-6(9)3-4-11-8/h3-4H,2,5H2,1H3. The van der Waals surface area contributed by atoms with Gasteiger partial charge in [-0.05, 0) is 27.7 Å². The predicted octanol–water partition coefficient (Wildman–Crippen LogP) is 2.98. The molecular formula is C8H9BrO2S. The van der Waals surface area contributed by atoms with Gasteiger partial charge in [0.15, 0.2) is 5.76 Å². The molecule has 0 unspecified atom stereocenters. The van der Waals surface area contributed by atoms with E-state index in [0.29, 0.717) is 11.5 Å². The predicted molar refractivity (Wildman–Crippen MR) is 53.7 cm³/mol. The summed E-state index contributed by atoms with van der Waals surface area (Å²) in [5.41, 5.74) is 0. The zero-order valence-electron chi connectivity index (χ0n) is 6.67. The van der Waals surface area contributed by atoms with Gasteiger partial charge in [0.05, 0.1) is 16.5 Å². The fourth-order valence-electron chi connectivity index (χ4n) is 0.753. The molecule has 0 aliphatic heterocycles. The second kappa shape index (κ2) is 4.72. The van der Waals surface area contributed by atoms with Gasteiger partial charge < -0.3 is 4.42 Å². The number of carbonyl (C=O) groups excluding carboxylic acids is 1. The van der Waals surface area contributed by atoms with Crippen molar-refractivity contribution in [3.8, 4) is 0 Å². The summed E-state index contributed by atoms with van der Waals surface area (Å²) in [6.45, 7) is 2.02. The topological polar surface area (TPSA) is 30.2 Å². The molecule has 1 aromatic rings. The highest BCUT2D eigenvalue weighted by Crippen LogP contribution is 2.19. The summed E-state index contributed by atoms with van der Waals surface area (Å²) in [7, 11) is 0. The molecule has 1 heterocycles. The van der Waals surface area contributed by atoms with E-state index in [1.54, 1.807) is 17.8 Å². The molecule has 4 heteroatoms. The van der Waals surface area contributed by atoms with Gasteiger partial charge in [0.25, 0.3) is 0 Å². The van der Waals surface area contributed by atoms with Gasteiger partial charge >= 0.3 is 0 Å². The summed E-state index contributed by atoms with van der Waals surface area (Å²) in [5.74, 6) is 1.90. The molecule has 0 saturated carbocycles. The maximum atomic E-state index is 11.3. The average molecular weight is 249 g/mol. The summed E-state index contributed by atoms with van der Waals surface area (Å²) in [6.07, 6.45) is 1.51. The van der Waals surface area contributed by atoms with Crippen LogP contribution in [0, 0.1) is 0 Å². The highest BCUT2D eigenvalue weighted by Gasteiger charge is 2.12. The quantitative estimate of drug-likeness (QED) is 0.768. The summed E-state index contributed by atoms with van der Waals surface area (Å²) in [6, 6.07) is 1.73. The van der Waals surface area contributed by atoms with Gasteiger partial charge in [-0.1, -0.05) is 6.92 Å². The molecule has 0 aromatic carbocycles. The van der Waals surface area contributed by atoms with E-state index >= 15 is 0 Å². The van der Waals surface area contributed by atoms with Gasteiger partial charge in [0, 0.05) is 0 Å². The maximum Gasteiger partial charge on any atom is 0.208 e. The number of thioether (sulfide) groups is 1. The number of halogens is 1. The normalized spacial score (nSPS) is 10.2. The molecule has 12 heavy (non-hydrogen) atoms. The van der Waals surface area contributed by atoms with Crippen molar-refractivity contribution < 1.29 is 9.21 Å². The first-order valence-electron chi connectivity index (χ1n) is 3.59. The Morgan fingerprint density at radius 1 is 1.75 bits per heavy atom. The van der Waals surface area contributed by atoms with E-state index in [0.717, 1.165) is 10.2 Å². The van der Waals surface area contributed by atoms with Crippen LogP contribution in [0.1, 0.15) is 17.5 Å². The molecule has 1 aromatic heterocycles. The van der Waals surface area contributed by atoms with Crippen molar-refractivity contribution in [2.45, 2.75) is 6.92 Å². The third kappa shape index (κ3) is 2.38. The second-order valence-corrected chi connectivity index (χ2v) is 4.29. The summed E-state index contributed by atoms with van der Waals surface area (Å²) < 4.78 is 5.75. The van der Waals surface area contributed by atoms with Crippen LogP contribution in [0.4, 0.5) is 0 Å². The zero-order chi connectivity index (χ0) is 8.97. The van der Waals surface area contributed by atoms with Crippen molar-refractivity contribution >= 4 is 33.5 Å². The Bertz CT molecular complexity index is 270.